The van der Waals surface area contributed by atoms with Crippen molar-refractivity contribution in [2.75, 3.05) is 7.05 Å². The van der Waals surface area contributed by atoms with E-state index in [-0.39, 0.29) is 0 Å². The second kappa shape index (κ2) is 4.46. The predicted octanol–water partition coefficient (Wildman–Crippen LogP) is 3.12. The normalized spacial score (nSPS) is 19.5. The number of hydrogen-bond donors (Lipinski definition) is 1. The smallest absolute Gasteiger partial charge is 0.115 e. The number of likely N-dealkylation sites (N-methyl/N-ethyl adjacent to an activating group) is 1. The Bertz CT molecular complexity index is 547. The van der Waals surface area contributed by atoms with Crippen LogP contribution in [-0.2, 0) is 13.0 Å². The molecule has 0 aromatic heterocycles. The lowest BCUT2D eigenvalue weighted by Crippen LogP contribution is -2.30. The molecular formula is C16H17NO. The minimum Gasteiger partial charge on any atom is -0.508 e. The molecule has 3 rings (SSSR count). The Morgan fingerprint density at radius 1 is 1.00 bits per heavy atom. The number of hydrogen-bond acceptors (Lipinski definition) is 2. The van der Waals surface area contributed by atoms with Gasteiger partial charge in [0.2, 0.25) is 0 Å². The second-order valence-corrected chi connectivity index (χ2v) is 5.00. The molecule has 0 fully saturated rings. The van der Waals surface area contributed by atoms with E-state index < -0.39 is 0 Å². The molecule has 0 radical (unpaired) electrons. The van der Waals surface area contributed by atoms with E-state index >= 15 is 0 Å². The molecule has 0 aliphatic carbocycles. The molecule has 1 heterocycles. The molecule has 0 amide bonds. The molecule has 0 saturated carbocycles. The van der Waals surface area contributed by atoms with Crippen molar-refractivity contribution >= 4 is 0 Å². The Morgan fingerprint density at radius 3 is 2.39 bits per heavy atom. The summed E-state index contributed by atoms with van der Waals surface area (Å²) in [4.78, 5) is 2.37. The molecule has 92 valence electrons. The Balaban J connectivity index is 1.93. The molecule has 2 nitrogen and oxygen atoms in total. The highest BCUT2D eigenvalue weighted by atomic mass is 16.3. The zero-order valence-electron chi connectivity index (χ0n) is 10.5. The first-order valence-corrected chi connectivity index (χ1v) is 6.30. The molecule has 0 saturated heterocycles. The van der Waals surface area contributed by atoms with Crippen molar-refractivity contribution in [3.05, 3.63) is 65.2 Å². The first kappa shape index (κ1) is 11.3. The average Bonchev–Trinajstić information content (AvgIpc) is 2.39. The van der Waals surface area contributed by atoms with Crippen LogP contribution in [0.15, 0.2) is 48.5 Å². The van der Waals surface area contributed by atoms with Crippen LogP contribution < -0.4 is 0 Å². The van der Waals surface area contributed by atoms with Crippen LogP contribution in [0, 0.1) is 0 Å². The lowest BCUT2D eigenvalue weighted by molar-refractivity contribution is 0.218. The quantitative estimate of drug-likeness (QED) is 0.826. The van der Waals surface area contributed by atoms with Crippen molar-refractivity contribution in [2.45, 2.75) is 19.0 Å². The van der Waals surface area contributed by atoms with Crippen LogP contribution in [0.25, 0.3) is 0 Å². The summed E-state index contributed by atoms with van der Waals surface area (Å²) in [6.07, 6.45) is 1.04. The van der Waals surface area contributed by atoms with Crippen molar-refractivity contribution in [3.63, 3.8) is 0 Å². The maximum Gasteiger partial charge on any atom is 0.115 e. The van der Waals surface area contributed by atoms with Gasteiger partial charge in [-0.15, -0.1) is 0 Å². The molecule has 0 bridgehead atoms. The molecule has 0 spiro atoms. The molecule has 1 N–H and O–H groups in total. The highest BCUT2D eigenvalue weighted by Gasteiger charge is 2.24. The average molecular weight is 239 g/mol. The topological polar surface area (TPSA) is 23.5 Å². The van der Waals surface area contributed by atoms with Gasteiger partial charge in [0, 0.05) is 12.6 Å². The number of nitrogens with zero attached hydrogens (tertiary/aromatic N) is 1. The SMILES string of the molecule is CN1Cc2ccccc2CC1c1ccc(O)cc1. The highest BCUT2D eigenvalue weighted by Crippen LogP contribution is 2.32. The summed E-state index contributed by atoms with van der Waals surface area (Å²) in [6, 6.07) is 16.6. The summed E-state index contributed by atoms with van der Waals surface area (Å²) in [5.41, 5.74) is 4.13. The number of benzene rings is 2. The Kier molecular flexibility index (Phi) is 2.80. The number of rotatable bonds is 1. The van der Waals surface area contributed by atoms with Gasteiger partial charge in [0.1, 0.15) is 5.75 Å². The summed E-state index contributed by atoms with van der Waals surface area (Å²) >= 11 is 0. The predicted molar refractivity (Wildman–Crippen MR) is 72.5 cm³/mol. The van der Waals surface area contributed by atoms with Crippen LogP contribution >= 0.6 is 0 Å². The van der Waals surface area contributed by atoms with E-state index in [4.69, 9.17) is 0 Å². The minimum absolute atomic E-state index is 0.331. The molecule has 2 heteroatoms. The third kappa shape index (κ3) is 2.00. The largest absolute Gasteiger partial charge is 0.508 e. The molecule has 1 aliphatic heterocycles. The third-order valence-electron chi connectivity index (χ3n) is 3.76. The fraction of sp³-hybridized carbons (Fsp3) is 0.250. The fourth-order valence-electron chi connectivity index (χ4n) is 2.72. The van der Waals surface area contributed by atoms with Gasteiger partial charge in [-0.3, -0.25) is 4.90 Å². The van der Waals surface area contributed by atoms with Gasteiger partial charge < -0.3 is 5.11 Å². The summed E-state index contributed by atoms with van der Waals surface area (Å²) in [7, 11) is 2.16. The van der Waals surface area contributed by atoms with E-state index in [1.54, 1.807) is 12.1 Å². The van der Waals surface area contributed by atoms with Crippen LogP contribution in [0.3, 0.4) is 0 Å². The lowest BCUT2D eigenvalue weighted by Gasteiger charge is -2.34. The van der Waals surface area contributed by atoms with Crippen molar-refractivity contribution in [1.29, 1.82) is 0 Å². The summed E-state index contributed by atoms with van der Waals surface area (Å²) < 4.78 is 0. The van der Waals surface area contributed by atoms with E-state index in [0.717, 1.165) is 13.0 Å². The Morgan fingerprint density at radius 2 is 1.67 bits per heavy atom. The zero-order valence-corrected chi connectivity index (χ0v) is 10.5. The van der Waals surface area contributed by atoms with Gasteiger partial charge in [0.25, 0.3) is 0 Å². The first-order chi connectivity index (χ1) is 8.74. The maximum atomic E-state index is 9.37. The van der Waals surface area contributed by atoms with Crippen LogP contribution in [-0.4, -0.2) is 17.1 Å². The van der Waals surface area contributed by atoms with E-state index in [0.29, 0.717) is 11.8 Å². The van der Waals surface area contributed by atoms with Gasteiger partial charge in [-0.2, -0.15) is 0 Å². The summed E-state index contributed by atoms with van der Waals surface area (Å²) in [5, 5.41) is 9.37. The highest BCUT2D eigenvalue weighted by molar-refractivity contribution is 5.34. The zero-order chi connectivity index (χ0) is 12.5. The van der Waals surface area contributed by atoms with E-state index in [1.807, 2.05) is 12.1 Å². The van der Waals surface area contributed by atoms with Gasteiger partial charge in [-0.25, -0.2) is 0 Å². The third-order valence-corrected chi connectivity index (χ3v) is 3.76. The summed E-state index contributed by atoms with van der Waals surface area (Å²) in [6.45, 7) is 0.988. The van der Waals surface area contributed by atoms with E-state index in [2.05, 4.69) is 36.2 Å². The van der Waals surface area contributed by atoms with Crippen LogP contribution in [0.2, 0.25) is 0 Å². The Labute approximate surface area is 107 Å². The van der Waals surface area contributed by atoms with Gasteiger partial charge in [-0.1, -0.05) is 36.4 Å². The molecule has 18 heavy (non-hydrogen) atoms. The number of fused-ring (bicyclic) bond motifs is 1. The van der Waals surface area contributed by atoms with Crippen molar-refractivity contribution < 1.29 is 5.11 Å². The summed E-state index contributed by atoms with van der Waals surface area (Å²) in [5.74, 6) is 0.331. The molecule has 1 aliphatic rings. The van der Waals surface area contributed by atoms with Crippen LogP contribution in [0.4, 0.5) is 0 Å². The number of phenolic OH excluding ortho intramolecular Hbond substituents is 1. The number of phenols is 1. The van der Waals surface area contributed by atoms with E-state index in [1.165, 1.54) is 16.7 Å². The minimum atomic E-state index is 0.331. The molecule has 2 aromatic carbocycles. The Hall–Kier alpha value is -1.80. The second-order valence-electron chi connectivity index (χ2n) is 5.00. The first-order valence-electron chi connectivity index (χ1n) is 6.30. The molecule has 1 atom stereocenters. The van der Waals surface area contributed by atoms with Gasteiger partial charge >= 0.3 is 0 Å². The molecule has 2 aromatic rings. The standard InChI is InChI=1S/C16H17NO/c1-17-11-14-5-3-2-4-13(14)10-16(17)12-6-8-15(18)9-7-12/h2-9,16,18H,10-11H2,1H3. The molecular weight excluding hydrogens is 222 g/mol. The van der Waals surface area contributed by atoms with E-state index in [9.17, 15) is 5.11 Å². The van der Waals surface area contributed by atoms with Crippen molar-refractivity contribution in [2.24, 2.45) is 0 Å². The lowest BCUT2D eigenvalue weighted by atomic mass is 9.90. The van der Waals surface area contributed by atoms with Gasteiger partial charge in [0.15, 0.2) is 0 Å². The van der Waals surface area contributed by atoms with Crippen LogP contribution in [0.1, 0.15) is 22.7 Å². The van der Waals surface area contributed by atoms with Crippen LogP contribution in [0.5, 0.6) is 5.75 Å². The fourth-order valence-corrected chi connectivity index (χ4v) is 2.72. The van der Waals surface area contributed by atoms with Crippen molar-refractivity contribution in [3.8, 4) is 5.75 Å². The molecule has 1 unspecified atom stereocenters. The van der Waals surface area contributed by atoms with Gasteiger partial charge in [-0.05, 0) is 42.3 Å². The van der Waals surface area contributed by atoms with Gasteiger partial charge in [0.05, 0.1) is 0 Å². The maximum absolute atomic E-state index is 9.37. The van der Waals surface area contributed by atoms with Crippen molar-refractivity contribution in [1.82, 2.24) is 4.90 Å². The monoisotopic (exact) mass is 239 g/mol. The number of aromatic hydroxyl groups is 1.